The van der Waals surface area contributed by atoms with Gasteiger partial charge in [-0.1, -0.05) is 57.6 Å². The van der Waals surface area contributed by atoms with E-state index in [0.717, 1.165) is 64.2 Å². The molecule has 178 valence electrons. The summed E-state index contributed by atoms with van der Waals surface area (Å²) in [5, 5.41) is 10.1. The molecular weight excluding hydrogens is 390 g/mol. The Labute approximate surface area is 189 Å². The van der Waals surface area contributed by atoms with Gasteiger partial charge in [-0.15, -0.1) is 0 Å². The Bertz CT molecular complexity index is 566. The Balaban J connectivity index is 1.61. The molecule has 1 heterocycles. The van der Waals surface area contributed by atoms with Gasteiger partial charge in [0.2, 0.25) is 5.91 Å². The van der Waals surface area contributed by atoms with Gasteiger partial charge in [-0.3, -0.25) is 9.59 Å². The SMILES string of the molecule is CCCCCC(O)C=CC1CCC(=O)C1CCCCCCC(=O)N1CC(C)OC(C)C1. The molecule has 2 rings (SSSR count). The van der Waals surface area contributed by atoms with Gasteiger partial charge in [0.25, 0.3) is 0 Å². The molecule has 31 heavy (non-hydrogen) atoms. The van der Waals surface area contributed by atoms with Crippen molar-refractivity contribution < 1.29 is 19.4 Å². The predicted octanol–water partition coefficient (Wildman–Crippen LogP) is 5.06. The van der Waals surface area contributed by atoms with E-state index in [2.05, 4.69) is 13.0 Å². The molecule has 0 aromatic heterocycles. The monoisotopic (exact) mass is 435 g/mol. The summed E-state index contributed by atoms with van der Waals surface area (Å²) in [4.78, 5) is 26.7. The van der Waals surface area contributed by atoms with Crippen LogP contribution in [-0.2, 0) is 14.3 Å². The average Bonchev–Trinajstić information content (AvgIpc) is 3.07. The zero-order valence-corrected chi connectivity index (χ0v) is 20.1. The molecule has 0 bridgehead atoms. The fraction of sp³-hybridized carbons (Fsp3) is 0.846. The van der Waals surface area contributed by atoms with Crippen molar-refractivity contribution in [3.63, 3.8) is 0 Å². The number of Topliss-reactive ketones (excluding diaryl/α,β-unsaturated/α-hetero) is 1. The summed E-state index contributed by atoms with van der Waals surface area (Å²) in [7, 11) is 0. The first-order chi connectivity index (χ1) is 14.9. The number of hydrogen-bond donors (Lipinski definition) is 1. The summed E-state index contributed by atoms with van der Waals surface area (Å²) in [6.07, 6.45) is 15.3. The van der Waals surface area contributed by atoms with Crippen molar-refractivity contribution in [1.82, 2.24) is 4.90 Å². The minimum Gasteiger partial charge on any atom is -0.389 e. The van der Waals surface area contributed by atoms with E-state index in [1.54, 1.807) is 0 Å². The molecule has 1 N–H and O–H groups in total. The van der Waals surface area contributed by atoms with E-state index in [0.29, 0.717) is 37.6 Å². The Morgan fingerprint density at radius 2 is 1.84 bits per heavy atom. The van der Waals surface area contributed by atoms with Crippen LogP contribution in [0, 0.1) is 11.8 Å². The molecule has 0 aromatic rings. The molecule has 2 aliphatic rings. The van der Waals surface area contributed by atoms with Crippen molar-refractivity contribution in [3.05, 3.63) is 12.2 Å². The molecule has 5 unspecified atom stereocenters. The summed E-state index contributed by atoms with van der Waals surface area (Å²) >= 11 is 0. The molecule has 5 nitrogen and oxygen atoms in total. The van der Waals surface area contributed by atoms with Crippen LogP contribution >= 0.6 is 0 Å². The second-order valence-corrected chi connectivity index (χ2v) is 9.73. The standard InChI is InChI=1S/C26H45NO4/c1-4-5-8-11-23(28)16-14-22-15-17-25(29)24(22)12-9-6-7-10-13-26(30)27-18-20(2)31-21(3)19-27/h14,16,20-24,28H,4-13,15,17-19H2,1-3H3. The minimum absolute atomic E-state index is 0.121. The molecule has 5 heteroatoms. The van der Waals surface area contributed by atoms with E-state index in [-0.39, 0.29) is 30.1 Å². The van der Waals surface area contributed by atoms with Crippen LogP contribution in [0.15, 0.2) is 12.2 Å². The van der Waals surface area contributed by atoms with Crippen molar-refractivity contribution in [1.29, 1.82) is 0 Å². The summed E-state index contributed by atoms with van der Waals surface area (Å²) < 4.78 is 5.70. The smallest absolute Gasteiger partial charge is 0.222 e. The molecular formula is C26H45NO4. The lowest BCUT2D eigenvalue weighted by Gasteiger charge is -2.35. The van der Waals surface area contributed by atoms with Crippen LogP contribution in [0.5, 0.6) is 0 Å². The Morgan fingerprint density at radius 1 is 1.13 bits per heavy atom. The number of carbonyl (C=O) groups excluding carboxylic acids is 2. The topological polar surface area (TPSA) is 66.8 Å². The summed E-state index contributed by atoms with van der Waals surface area (Å²) in [5.74, 6) is 1.05. The summed E-state index contributed by atoms with van der Waals surface area (Å²) in [6.45, 7) is 7.62. The normalized spacial score (nSPS) is 27.9. The van der Waals surface area contributed by atoms with Crippen LogP contribution < -0.4 is 0 Å². The maximum Gasteiger partial charge on any atom is 0.222 e. The number of hydrogen-bond acceptors (Lipinski definition) is 4. The highest BCUT2D eigenvalue weighted by Crippen LogP contribution is 2.34. The van der Waals surface area contributed by atoms with Crippen LogP contribution in [0.25, 0.3) is 0 Å². The molecule has 1 saturated heterocycles. The molecule has 2 fully saturated rings. The zero-order chi connectivity index (χ0) is 22.6. The lowest BCUT2D eigenvalue weighted by molar-refractivity contribution is -0.143. The lowest BCUT2D eigenvalue weighted by Crippen LogP contribution is -2.48. The average molecular weight is 436 g/mol. The number of aliphatic hydroxyl groups excluding tert-OH is 1. The highest BCUT2D eigenvalue weighted by Gasteiger charge is 2.32. The van der Waals surface area contributed by atoms with Crippen LogP contribution in [0.4, 0.5) is 0 Å². The number of unbranched alkanes of at least 4 members (excludes halogenated alkanes) is 5. The number of ether oxygens (including phenoxy) is 1. The maximum atomic E-state index is 12.4. The number of morpholine rings is 1. The first-order valence-electron chi connectivity index (χ1n) is 12.7. The summed E-state index contributed by atoms with van der Waals surface area (Å²) in [6, 6.07) is 0. The molecule has 5 atom stereocenters. The number of rotatable bonds is 13. The lowest BCUT2D eigenvalue weighted by atomic mass is 9.89. The van der Waals surface area contributed by atoms with E-state index in [4.69, 9.17) is 4.74 Å². The first-order valence-corrected chi connectivity index (χ1v) is 12.7. The van der Waals surface area contributed by atoms with Crippen LogP contribution in [0.3, 0.4) is 0 Å². The number of amides is 1. The van der Waals surface area contributed by atoms with Crippen molar-refractivity contribution in [2.45, 2.75) is 116 Å². The van der Waals surface area contributed by atoms with Gasteiger partial charge in [-0.05, 0) is 45.4 Å². The van der Waals surface area contributed by atoms with Crippen molar-refractivity contribution in [3.8, 4) is 0 Å². The molecule has 1 amide bonds. The van der Waals surface area contributed by atoms with Crippen LogP contribution in [0.2, 0.25) is 0 Å². The van der Waals surface area contributed by atoms with Gasteiger partial charge >= 0.3 is 0 Å². The Morgan fingerprint density at radius 3 is 2.55 bits per heavy atom. The third kappa shape index (κ3) is 9.44. The van der Waals surface area contributed by atoms with Crippen LogP contribution in [-0.4, -0.2) is 53.1 Å². The molecule has 0 aromatic carbocycles. The van der Waals surface area contributed by atoms with Gasteiger partial charge in [-0.2, -0.15) is 0 Å². The highest BCUT2D eigenvalue weighted by molar-refractivity contribution is 5.83. The quantitative estimate of drug-likeness (QED) is 0.324. The van der Waals surface area contributed by atoms with Gasteiger partial charge in [0.1, 0.15) is 5.78 Å². The summed E-state index contributed by atoms with van der Waals surface area (Å²) in [5.41, 5.74) is 0. The third-order valence-corrected chi connectivity index (χ3v) is 6.77. The Kier molecular flexibility index (Phi) is 11.8. The number of nitrogens with zero attached hydrogens (tertiary/aromatic N) is 1. The van der Waals surface area contributed by atoms with Crippen molar-refractivity contribution in [2.75, 3.05) is 13.1 Å². The fourth-order valence-electron chi connectivity index (χ4n) is 5.04. The number of allylic oxidation sites excluding steroid dienone is 1. The van der Waals surface area contributed by atoms with E-state index < -0.39 is 0 Å². The minimum atomic E-state index is -0.377. The largest absolute Gasteiger partial charge is 0.389 e. The predicted molar refractivity (Wildman–Crippen MR) is 125 cm³/mol. The van der Waals surface area contributed by atoms with Crippen molar-refractivity contribution in [2.24, 2.45) is 11.8 Å². The molecule has 1 aliphatic heterocycles. The van der Waals surface area contributed by atoms with E-state index >= 15 is 0 Å². The second kappa shape index (κ2) is 14.1. The van der Waals surface area contributed by atoms with E-state index in [1.165, 1.54) is 0 Å². The van der Waals surface area contributed by atoms with E-state index in [9.17, 15) is 14.7 Å². The van der Waals surface area contributed by atoms with Gasteiger partial charge in [0.05, 0.1) is 18.3 Å². The van der Waals surface area contributed by atoms with Gasteiger partial charge in [-0.25, -0.2) is 0 Å². The van der Waals surface area contributed by atoms with Crippen LogP contribution in [0.1, 0.15) is 97.8 Å². The maximum absolute atomic E-state index is 12.4. The number of carbonyl (C=O) groups is 2. The van der Waals surface area contributed by atoms with Gasteiger partial charge in [0, 0.05) is 31.8 Å². The highest BCUT2D eigenvalue weighted by atomic mass is 16.5. The van der Waals surface area contributed by atoms with Crippen molar-refractivity contribution >= 4 is 11.7 Å². The number of aliphatic hydroxyl groups is 1. The van der Waals surface area contributed by atoms with Gasteiger partial charge in [0.15, 0.2) is 0 Å². The second-order valence-electron chi connectivity index (χ2n) is 9.73. The molecule has 1 saturated carbocycles. The molecule has 0 radical (unpaired) electrons. The fourth-order valence-corrected chi connectivity index (χ4v) is 5.04. The first kappa shape index (κ1) is 26.1. The third-order valence-electron chi connectivity index (χ3n) is 6.77. The zero-order valence-electron chi connectivity index (χ0n) is 20.1. The molecule has 0 spiro atoms. The Hall–Kier alpha value is -1.20. The van der Waals surface area contributed by atoms with E-state index in [1.807, 2.05) is 24.8 Å². The molecule has 1 aliphatic carbocycles. The number of ketones is 1. The van der Waals surface area contributed by atoms with Gasteiger partial charge < -0.3 is 14.7 Å².